The number of aryl methyl sites for hydroxylation is 1. The molecule has 1 amide bonds. The second-order valence-electron chi connectivity index (χ2n) is 6.17. The molecule has 0 aromatic heterocycles. The number of amides is 1. The van der Waals surface area contributed by atoms with Crippen molar-refractivity contribution in [1.29, 1.82) is 0 Å². The lowest BCUT2D eigenvalue weighted by Gasteiger charge is -2.12. The fourth-order valence-corrected chi connectivity index (χ4v) is 3.95. The number of rotatable bonds is 5. The minimum Gasteiger partial charge on any atom is -0.322 e. The molecule has 0 heterocycles. The SMILES string of the molecule is Cc1cc(S(=O)(=O)Nc2ccc(F)c(Cl)c2)ccc1NC(=O)c1ccc(Cl)cc1. The predicted molar refractivity (Wildman–Crippen MR) is 113 cm³/mol. The Morgan fingerprint density at radius 1 is 0.966 bits per heavy atom. The predicted octanol–water partition coefficient (Wildman–Crippen LogP) is 5.49. The molecule has 0 saturated heterocycles. The third kappa shape index (κ3) is 5.06. The number of carbonyl (C=O) groups is 1. The standard InChI is InChI=1S/C20H15Cl2FN2O3S/c1-12-10-16(29(27,28)25-15-6-8-18(23)17(22)11-15)7-9-19(12)24-20(26)13-2-4-14(21)5-3-13/h2-11,25H,1H3,(H,24,26). The topological polar surface area (TPSA) is 75.3 Å². The molecule has 3 aromatic rings. The van der Waals surface area contributed by atoms with Crippen molar-refractivity contribution in [2.45, 2.75) is 11.8 Å². The van der Waals surface area contributed by atoms with E-state index >= 15 is 0 Å². The Balaban J connectivity index is 1.79. The molecule has 0 bridgehead atoms. The highest BCUT2D eigenvalue weighted by Gasteiger charge is 2.17. The van der Waals surface area contributed by atoms with Crippen molar-refractivity contribution in [3.05, 3.63) is 87.7 Å². The first-order valence-electron chi connectivity index (χ1n) is 8.31. The highest BCUT2D eigenvalue weighted by atomic mass is 35.5. The number of sulfonamides is 1. The van der Waals surface area contributed by atoms with Crippen LogP contribution in [-0.2, 0) is 10.0 Å². The van der Waals surface area contributed by atoms with Gasteiger partial charge in [-0.1, -0.05) is 23.2 Å². The molecular weight excluding hydrogens is 438 g/mol. The van der Waals surface area contributed by atoms with Gasteiger partial charge in [0.2, 0.25) is 0 Å². The summed E-state index contributed by atoms with van der Waals surface area (Å²) in [6, 6.07) is 14.2. The van der Waals surface area contributed by atoms with Crippen LogP contribution in [0.2, 0.25) is 10.0 Å². The summed E-state index contributed by atoms with van der Waals surface area (Å²) in [7, 11) is -3.93. The van der Waals surface area contributed by atoms with Gasteiger partial charge in [0.1, 0.15) is 5.82 Å². The number of anilines is 2. The fourth-order valence-electron chi connectivity index (χ4n) is 2.51. The second-order valence-corrected chi connectivity index (χ2v) is 8.70. The van der Waals surface area contributed by atoms with Gasteiger partial charge in [0, 0.05) is 16.3 Å². The minimum absolute atomic E-state index is 0.0139. The molecule has 0 aliphatic heterocycles. The summed E-state index contributed by atoms with van der Waals surface area (Å²) in [5.41, 5.74) is 1.57. The first-order chi connectivity index (χ1) is 13.7. The zero-order chi connectivity index (χ0) is 21.2. The summed E-state index contributed by atoms with van der Waals surface area (Å²) in [5, 5.41) is 3.05. The number of halogens is 3. The normalized spacial score (nSPS) is 11.2. The summed E-state index contributed by atoms with van der Waals surface area (Å²) >= 11 is 11.5. The van der Waals surface area contributed by atoms with E-state index in [0.717, 1.165) is 6.07 Å². The van der Waals surface area contributed by atoms with E-state index in [0.29, 0.717) is 21.8 Å². The summed E-state index contributed by atoms with van der Waals surface area (Å²) < 4.78 is 40.8. The number of carbonyl (C=O) groups excluding carboxylic acids is 1. The molecule has 5 nitrogen and oxygen atoms in total. The van der Waals surface area contributed by atoms with Crippen molar-refractivity contribution in [3.63, 3.8) is 0 Å². The molecule has 0 saturated carbocycles. The number of hydrogen-bond donors (Lipinski definition) is 2. The summed E-state index contributed by atoms with van der Waals surface area (Å²) in [5.74, 6) is -0.995. The maximum Gasteiger partial charge on any atom is 0.261 e. The lowest BCUT2D eigenvalue weighted by molar-refractivity contribution is 0.102. The lowest BCUT2D eigenvalue weighted by Crippen LogP contribution is -2.15. The van der Waals surface area contributed by atoms with Gasteiger partial charge in [-0.15, -0.1) is 0 Å². The van der Waals surface area contributed by atoms with Crippen molar-refractivity contribution in [1.82, 2.24) is 0 Å². The first kappa shape index (κ1) is 21.1. The summed E-state index contributed by atoms with van der Waals surface area (Å²) in [4.78, 5) is 12.3. The molecule has 150 valence electrons. The van der Waals surface area contributed by atoms with Gasteiger partial charge in [0.25, 0.3) is 15.9 Å². The van der Waals surface area contributed by atoms with Crippen LogP contribution in [0.5, 0.6) is 0 Å². The maximum absolute atomic E-state index is 13.2. The zero-order valence-electron chi connectivity index (χ0n) is 15.0. The van der Waals surface area contributed by atoms with E-state index in [9.17, 15) is 17.6 Å². The Morgan fingerprint density at radius 3 is 2.28 bits per heavy atom. The van der Waals surface area contributed by atoms with Gasteiger partial charge >= 0.3 is 0 Å². The molecule has 0 atom stereocenters. The molecule has 3 aromatic carbocycles. The van der Waals surface area contributed by atoms with Crippen molar-refractivity contribution in [2.75, 3.05) is 10.0 Å². The molecule has 0 fully saturated rings. The Bertz CT molecular complexity index is 1180. The largest absolute Gasteiger partial charge is 0.322 e. The van der Waals surface area contributed by atoms with E-state index < -0.39 is 15.8 Å². The average molecular weight is 453 g/mol. The van der Waals surface area contributed by atoms with Gasteiger partial charge < -0.3 is 5.32 Å². The van der Waals surface area contributed by atoms with Crippen LogP contribution >= 0.6 is 23.2 Å². The summed E-state index contributed by atoms with van der Waals surface area (Å²) in [6.45, 7) is 1.67. The van der Waals surface area contributed by atoms with E-state index in [1.54, 1.807) is 31.2 Å². The maximum atomic E-state index is 13.2. The van der Waals surface area contributed by atoms with E-state index in [1.165, 1.54) is 30.3 Å². The summed E-state index contributed by atoms with van der Waals surface area (Å²) in [6.07, 6.45) is 0. The van der Waals surface area contributed by atoms with E-state index in [2.05, 4.69) is 10.0 Å². The van der Waals surface area contributed by atoms with Gasteiger partial charge in [-0.05, 0) is 73.2 Å². The van der Waals surface area contributed by atoms with Crippen LogP contribution in [0.25, 0.3) is 0 Å². The monoisotopic (exact) mass is 452 g/mol. The Morgan fingerprint density at radius 2 is 1.66 bits per heavy atom. The molecule has 9 heteroatoms. The van der Waals surface area contributed by atoms with Crippen molar-refractivity contribution in [3.8, 4) is 0 Å². The van der Waals surface area contributed by atoms with Crippen LogP contribution in [-0.4, -0.2) is 14.3 Å². The molecule has 0 aliphatic carbocycles. The van der Waals surface area contributed by atoms with Gasteiger partial charge in [-0.25, -0.2) is 12.8 Å². The van der Waals surface area contributed by atoms with Crippen LogP contribution in [0.3, 0.4) is 0 Å². The van der Waals surface area contributed by atoms with Crippen LogP contribution < -0.4 is 10.0 Å². The quantitative estimate of drug-likeness (QED) is 0.536. The van der Waals surface area contributed by atoms with E-state index in [4.69, 9.17) is 23.2 Å². The van der Waals surface area contributed by atoms with Gasteiger partial charge in [-0.2, -0.15) is 0 Å². The van der Waals surface area contributed by atoms with Crippen LogP contribution in [0.1, 0.15) is 15.9 Å². The average Bonchev–Trinajstić information content (AvgIpc) is 2.66. The molecule has 2 N–H and O–H groups in total. The molecule has 0 aliphatic rings. The fraction of sp³-hybridized carbons (Fsp3) is 0.0500. The molecular formula is C20H15Cl2FN2O3S. The Labute approximate surface area is 177 Å². The van der Waals surface area contributed by atoms with Crippen molar-refractivity contribution in [2.24, 2.45) is 0 Å². The lowest BCUT2D eigenvalue weighted by atomic mass is 10.1. The minimum atomic E-state index is -3.93. The van der Waals surface area contributed by atoms with Crippen molar-refractivity contribution < 1.29 is 17.6 Å². The molecule has 3 rings (SSSR count). The van der Waals surface area contributed by atoms with Crippen LogP contribution in [0, 0.1) is 12.7 Å². The smallest absolute Gasteiger partial charge is 0.261 e. The van der Waals surface area contributed by atoms with Crippen LogP contribution in [0.15, 0.2) is 65.6 Å². The number of hydrogen-bond acceptors (Lipinski definition) is 3. The van der Waals surface area contributed by atoms with Gasteiger partial charge in [0.05, 0.1) is 15.6 Å². The van der Waals surface area contributed by atoms with Crippen LogP contribution in [0.4, 0.5) is 15.8 Å². The Hall–Kier alpha value is -2.61. The Kier molecular flexibility index (Phi) is 6.12. The van der Waals surface area contributed by atoms with Gasteiger partial charge in [0.15, 0.2) is 0 Å². The number of benzene rings is 3. The van der Waals surface area contributed by atoms with E-state index in [1.807, 2.05) is 0 Å². The van der Waals surface area contributed by atoms with Crippen molar-refractivity contribution >= 4 is 50.5 Å². The zero-order valence-corrected chi connectivity index (χ0v) is 17.4. The number of nitrogens with one attached hydrogen (secondary N) is 2. The molecule has 29 heavy (non-hydrogen) atoms. The second kappa shape index (κ2) is 8.41. The molecule has 0 unspecified atom stereocenters. The third-order valence-corrected chi connectivity index (χ3v) is 5.96. The van der Waals surface area contributed by atoms with Gasteiger partial charge in [-0.3, -0.25) is 9.52 Å². The molecule has 0 spiro atoms. The highest BCUT2D eigenvalue weighted by molar-refractivity contribution is 7.92. The molecule has 0 radical (unpaired) electrons. The first-order valence-corrected chi connectivity index (χ1v) is 10.5. The third-order valence-electron chi connectivity index (χ3n) is 4.03. The van der Waals surface area contributed by atoms with E-state index in [-0.39, 0.29) is 21.5 Å². The highest BCUT2D eigenvalue weighted by Crippen LogP contribution is 2.25.